The van der Waals surface area contributed by atoms with Crippen LogP contribution in [0.2, 0.25) is 0 Å². The molecule has 1 aromatic heterocycles. The average molecular weight is 236 g/mol. The van der Waals surface area contributed by atoms with Gasteiger partial charge in [-0.25, -0.2) is 9.97 Å². The van der Waals surface area contributed by atoms with E-state index in [1.807, 2.05) is 6.07 Å². The third-order valence-corrected chi connectivity index (χ3v) is 2.54. The van der Waals surface area contributed by atoms with Gasteiger partial charge in [-0.3, -0.25) is 0 Å². The lowest BCUT2D eigenvalue weighted by Gasteiger charge is -2.18. The van der Waals surface area contributed by atoms with Gasteiger partial charge in [-0.05, 0) is 19.8 Å². The highest BCUT2D eigenvalue weighted by atomic mass is 15.2. The number of rotatable bonds is 7. The zero-order valence-corrected chi connectivity index (χ0v) is 11.5. The highest BCUT2D eigenvalue weighted by Crippen LogP contribution is 2.15. The number of anilines is 2. The Morgan fingerprint density at radius 1 is 1.18 bits per heavy atom. The summed E-state index contributed by atoms with van der Waals surface area (Å²) in [6.45, 7) is 8.32. The van der Waals surface area contributed by atoms with E-state index in [1.165, 1.54) is 0 Å². The summed E-state index contributed by atoms with van der Waals surface area (Å²) in [4.78, 5) is 11.3. The summed E-state index contributed by atoms with van der Waals surface area (Å²) < 4.78 is 0. The zero-order valence-electron chi connectivity index (χ0n) is 11.5. The minimum Gasteiger partial charge on any atom is -0.370 e. The van der Waals surface area contributed by atoms with Crippen LogP contribution in [0.1, 0.15) is 39.4 Å². The molecular formula is C13H24N4. The molecule has 0 aliphatic rings. The van der Waals surface area contributed by atoms with Crippen LogP contribution in [0.15, 0.2) is 6.07 Å². The van der Waals surface area contributed by atoms with Gasteiger partial charge in [-0.1, -0.05) is 13.8 Å². The molecule has 1 heterocycles. The summed E-state index contributed by atoms with van der Waals surface area (Å²) in [5.41, 5.74) is 0. The molecule has 0 unspecified atom stereocenters. The topological polar surface area (TPSA) is 41.1 Å². The molecule has 1 rings (SSSR count). The Labute approximate surface area is 104 Å². The molecule has 0 amide bonds. The Kier molecular flexibility index (Phi) is 5.73. The van der Waals surface area contributed by atoms with E-state index < -0.39 is 0 Å². The smallest absolute Gasteiger partial charge is 0.134 e. The van der Waals surface area contributed by atoms with Gasteiger partial charge in [0.1, 0.15) is 17.5 Å². The van der Waals surface area contributed by atoms with Crippen molar-refractivity contribution in [1.82, 2.24) is 9.97 Å². The van der Waals surface area contributed by atoms with Gasteiger partial charge in [-0.2, -0.15) is 0 Å². The number of nitrogens with one attached hydrogen (secondary N) is 1. The second-order valence-corrected chi connectivity index (χ2v) is 4.23. The summed E-state index contributed by atoms with van der Waals surface area (Å²) in [5.74, 6) is 2.88. The summed E-state index contributed by atoms with van der Waals surface area (Å²) >= 11 is 0. The number of hydrogen-bond acceptors (Lipinski definition) is 4. The first-order valence-electron chi connectivity index (χ1n) is 6.54. The minimum absolute atomic E-state index is 0.888. The van der Waals surface area contributed by atoms with Gasteiger partial charge in [0.15, 0.2) is 0 Å². The van der Waals surface area contributed by atoms with Gasteiger partial charge in [-0.15, -0.1) is 0 Å². The largest absolute Gasteiger partial charge is 0.370 e. The third-order valence-electron chi connectivity index (χ3n) is 2.54. The predicted molar refractivity (Wildman–Crippen MR) is 73.8 cm³/mol. The first kappa shape index (κ1) is 13.7. The Hall–Kier alpha value is -1.32. The van der Waals surface area contributed by atoms with Crippen LogP contribution in [-0.2, 0) is 6.42 Å². The summed E-state index contributed by atoms with van der Waals surface area (Å²) in [6, 6.07) is 2.03. The quantitative estimate of drug-likeness (QED) is 0.790. The van der Waals surface area contributed by atoms with Gasteiger partial charge in [0, 0.05) is 32.6 Å². The van der Waals surface area contributed by atoms with Crippen molar-refractivity contribution >= 4 is 11.6 Å². The van der Waals surface area contributed by atoms with Crippen LogP contribution in [0.5, 0.6) is 0 Å². The van der Waals surface area contributed by atoms with Gasteiger partial charge >= 0.3 is 0 Å². The molecule has 4 heteroatoms. The van der Waals surface area contributed by atoms with E-state index >= 15 is 0 Å². The normalized spacial score (nSPS) is 10.4. The molecule has 4 nitrogen and oxygen atoms in total. The van der Waals surface area contributed by atoms with Crippen LogP contribution >= 0.6 is 0 Å². The molecule has 0 aliphatic carbocycles. The lowest BCUT2D eigenvalue weighted by Crippen LogP contribution is -2.20. The van der Waals surface area contributed by atoms with Crippen molar-refractivity contribution in [3.63, 3.8) is 0 Å². The summed E-state index contributed by atoms with van der Waals surface area (Å²) in [6.07, 6.45) is 3.14. The number of aryl methyl sites for hydroxylation is 1. The Morgan fingerprint density at radius 2 is 1.94 bits per heavy atom. The van der Waals surface area contributed by atoms with Crippen LogP contribution < -0.4 is 10.2 Å². The number of aromatic nitrogens is 2. The molecular weight excluding hydrogens is 212 g/mol. The molecule has 0 aromatic carbocycles. The molecule has 0 atom stereocenters. The number of nitrogens with zero attached hydrogens (tertiary/aromatic N) is 3. The van der Waals surface area contributed by atoms with E-state index in [4.69, 9.17) is 0 Å². The fourth-order valence-electron chi connectivity index (χ4n) is 1.74. The van der Waals surface area contributed by atoms with Gasteiger partial charge in [0.05, 0.1) is 0 Å². The van der Waals surface area contributed by atoms with E-state index in [9.17, 15) is 0 Å². The molecule has 96 valence electrons. The maximum Gasteiger partial charge on any atom is 0.134 e. The van der Waals surface area contributed by atoms with E-state index in [0.717, 1.165) is 49.8 Å². The Balaban J connectivity index is 2.93. The van der Waals surface area contributed by atoms with Gasteiger partial charge in [0.2, 0.25) is 0 Å². The first-order valence-corrected chi connectivity index (χ1v) is 6.54. The zero-order chi connectivity index (χ0) is 12.7. The molecule has 0 saturated heterocycles. The van der Waals surface area contributed by atoms with Crippen molar-refractivity contribution in [2.45, 2.75) is 40.0 Å². The van der Waals surface area contributed by atoms with Gasteiger partial charge in [0.25, 0.3) is 0 Å². The van der Waals surface area contributed by atoms with Crippen molar-refractivity contribution in [3.8, 4) is 0 Å². The molecule has 0 fully saturated rings. The minimum atomic E-state index is 0.888. The molecule has 17 heavy (non-hydrogen) atoms. The molecule has 0 aliphatic heterocycles. The first-order chi connectivity index (χ1) is 8.21. The summed E-state index contributed by atoms with van der Waals surface area (Å²) in [5, 5.41) is 3.27. The molecule has 0 bridgehead atoms. The predicted octanol–water partition coefficient (Wildman–Crippen LogP) is 2.71. The van der Waals surface area contributed by atoms with Crippen molar-refractivity contribution in [3.05, 3.63) is 11.9 Å². The van der Waals surface area contributed by atoms with E-state index in [1.54, 1.807) is 0 Å². The van der Waals surface area contributed by atoms with Crippen LogP contribution in [0.3, 0.4) is 0 Å². The van der Waals surface area contributed by atoms with E-state index in [2.05, 4.69) is 48.0 Å². The molecule has 0 saturated carbocycles. The standard InChI is InChI=1S/C13H24N4/c1-5-8-11-15-12(14-7-3)10-13(16-11)17(4)9-6-2/h10H,5-9H2,1-4H3,(H,14,15,16). The molecule has 0 radical (unpaired) electrons. The Bertz CT molecular complexity index is 314. The fraction of sp³-hybridized carbons (Fsp3) is 0.692. The second-order valence-electron chi connectivity index (χ2n) is 4.23. The third kappa shape index (κ3) is 4.21. The highest BCUT2D eigenvalue weighted by molar-refractivity contribution is 5.48. The van der Waals surface area contributed by atoms with Crippen molar-refractivity contribution in [2.75, 3.05) is 30.4 Å². The van der Waals surface area contributed by atoms with Crippen LogP contribution in [0.4, 0.5) is 11.6 Å². The number of hydrogen-bond donors (Lipinski definition) is 1. The molecule has 0 spiro atoms. The maximum absolute atomic E-state index is 4.60. The van der Waals surface area contributed by atoms with Gasteiger partial charge < -0.3 is 10.2 Å². The van der Waals surface area contributed by atoms with Crippen molar-refractivity contribution in [1.29, 1.82) is 0 Å². The lowest BCUT2D eigenvalue weighted by molar-refractivity contribution is 0.798. The monoisotopic (exact) mass is 236 g/mol. The summed E-state index contributed by atoms with van der Waals surface area (Å²) in [7, 11) is 2.08. The molecule has 1 aromatic rings. The second kappa shape index (κ2) is 7.09. The van der Waals surface area contributed by atoms with Crippen molar-refractivity contribution in [2.24, 2.45) is 0 Å². The van der Waals surface area contributed by atoms with E-state index in [-0.39, 0.29) is 0 Å². The molecule has 1 N–H and O–H groups in total. The Morgan fingerprint density at radius 3 is 2.53 bits per heavy atom. The lowest BCUT2D eigenvalue weighted by atomic mass is 10.3. The van der Waals surface area contributed by atoms with Crippen LogP contribution in [-0.4, -0.2) is 30.1 Å². The average Bonchev–Trinajstić information content (AvgIpc) is 2.30. The van der Waals surface area contributed by atoms with Crippen LogP contribution in [0, 0.1) is 0 Å². The van der Waals surface area contributed by atoms with Crippen molar-refractivity contribution < 1.29 is 0 Å². The maximum atomic E-state index is 4.60. The van der Waals surface area contributed by atoms with E-state index in [0.29, 0.717) is 0 Å². The SMILES string of the molecule is CCCc1nc(NCC)cc(N(C)CCC)n1. The highest BCUT2D eigenvalue weighted by Gasteiger charge is 2.07. The fourth-order valence-corrected chi connectivity index (χ4v) is 1.74. The van der Waals surface area contributed by atoms with Crippen LogP contribution in [0.25, 0.3) is 0 Å².